The summed E-state index contributed by atoms with van der Waals surface area (Å²) < 4.78 is 10.5. The number of hydrogen-bond donors (Lipinski definition) is 2. The molecule has 1 aromatic heterocycles. The highest BCUT2D eigenvalue weighted by Gasteiger charge is 2.44. The largest absolute Gasteiger partial charge is 0.479 e. The number of amides is 1. The Balaban J connectivity index is 2.10. The van der Waals surface area contributed by atoms with E-state index < -0.39 is 17.4 Å². The van der Waals surface area contributed by atoms with Gasteiger partial charge in [0.1, 0.15) is 5.02 Å². The smallest absolute Gasteiger partial charge is 0.331 e. The molecule has 2 rings (SSSR count). The molecule has 1 atom stereocenters. The van der Waals surface area contributed by atoms with Gasteiger partial charge in [-0.3, -0.25) is 4.79 Å². The maximum Gasteiger partial charge on any atom is 0.331 e. The van der Waals surface area contributed by atoms with E-state index in [-0.39, 0.29) is 36.1 Å². The number of aromatic nitrogens is 1. The highest BCUT2D eigenvalue weighted by molar-refractivity contribution is 6.32. The molecule has 2 heterocycles. The fraction of sp³-hybridized carbons (Fsp3) is 0.533. The average Bonchev–Trinajstić information content (AvgIpc) is 2.95. The number of carbonyl (C=O) groups excluding carboxylic acids is 1. The molecule has 0 spiro atoms. The van der Waals surface area contributed by atoms with Gasteiger partial charge in [-0.2, -0.15) is 0 Å². The summed E-state index contributed by atoms with van der Waals surface area (Å²) in [6.07, 6.45) is 1.52. The minimum absolute atomic E-state index is 0.0647. The number of carbonyl (C=O) groups is 2. The van der Waals surface area contributed by atoms with Crippen LogP contribution in [-0.4, -0.2) is 47.3 Å². The van der Waals surface area contributed by atoms with Crippen LogP contribution in [0.1, 0.15) is 30.6 Å². The van der Waals surface area contributed by atoms with Crippen LogP contribution in [0.5, 0.6) is 5.88 Å². The Morgan fingerprint density at radius 2 is 2.30 bits per heavy atom. The number of pyridine rings is 1. The number of nitrogens with one attached hydrogen (secondary N) is 1. The van der Waals surface area contributed by atoms with Crippen molar-refractivity contribution in [3.05, 3.63) is 22.8 Å². The zero-order valence-electron chi connectivity index (χ0n) is 13.0. The number of nitrogens with zero attached hydrogens (tertiary/aromatic N) is 1. The second-order valence-corrected chi connectivity index (χ2v) is 6.27. The van der Waals surface area contributed by atoms with Crippen LogP contribution >= 0.6 is 11.6 Å². The Morgan fingerprint density at radius 1 is 1.57 bits per heavy atom. The SMILES string of the molecule is CC(C)COc1ncc(C(=O)NC2(C(=O)O)CCOC2)cc1Cl. The van der Waals surface area contributed by atoms with Crippen LogP contribution in [0.2, 0.25) is 5.02 Å². The van der Waals surface area contributed by atoms with Crippen molar-refractivity contribution in [3.63, 3.8) is 0 Å². The summed E-state index contributed by atoms with van der Waals surface area (Å²) >= 11 is 6.06. The molecule has 126 valence electrons. The van der Waals surface area contributed by atoms with Crippen molar-refractivity contribution in [2.24, 2.45) is 5.92 Å². The standard InChI is InChI=1S/C15H19ClN2O5/c1-9(2)7-23-13-11(16)5-10(6-17-13)12(19)18-15(14(20)21)3-4-22-8-15/h5-6,9H,3-4,7-8H2,1-2H3,(H,18,19)(H,20,21). The van der Waals surface area contributed by atoms with Crippen LogP contribution in [0.15, 0.2) is 12.3 Å². The number of aliphatic carboxylic acids is 1. The molecule has 1 amide bonds. The van der Waals surface area contributed by atoms with Gasteiger partial charge >= 0.3 is 5.97 Å². The van der Waals surface area contributed by atoms with Crippen molar-refractivity contribution in [2.45, 2.75) is 25.8 Å². The Hall–Kier alpha value is -1.86. The first-order valence-electron chi connectivity index (χ1n) is 7.26. The topological polar surface area (TPSA) is 97.8 Å². The number of ether oxygens (including phenoxy) is 2. The summed E-state index contributed by atoms with van der Waals surface area (Å²) in [5.41, 5.74) is -1.24. The third-order valence-electron chi connectivity index (χ3n) is 3.41. The van der Waals surface area contributed by atoms with E-state index in [9.17, 15) is 14.7 Å². The predicted molar refractivity (Wildman–Crippen MR) is 82.8 cm³/mol. The number of rotatable bonds is 6. The predicted octanol–water partition coefficient (Wildman–Crippen LogP) is 1.74. The second-order valence-electron chi connectivity index (χ2n) is 5.86. The lowest BCUT2D eigenvalue weighted by molar-refractivity contribution is -0.144. The first kappa shape index (κ1) is 17.5. The summed E-state index contributed by atoms with van der Waals surface area (Å²) in [4.78, 5) is 27.7. The minimum Gasteiger partial charge on any atom is -0.479 e. The van der Waals surface area contributed by atoms with Crippen molar-refractivity contribution < 1.29 is 24.2 Å². The van der Waals surface area contributed by atoms with Crippen molar-refractivity contribution in [2.75, 3.05) is 19.8 Å². The lowest BCUT2D eigenvalue weighted by Crippen LogP contribution is -2.55. The van der Waals surface area contributed by atoms with E-state index in [1.165, 1.54) is 12.3 Å². The van der Waals surface area contributed by atoms with E-state index in [0.29, 0.717) is 12.5 Å². The van der Waals surface area contributed by atoms with E-state index in [0.717, 1.165) is 0 Å². The Labute approximate surface area is 138 Å². The molecule has 0 radical (unpaired) electrons. The highest BCUT2D eigenvalue weighted by Crippen LogP contribution is 2.24. The molecule has 7 nitrogen and oxygen atoms in total. The van der Waals surface area contributed by atoms with E-state index in [1.807, 2.05) is 13.8 Å². The monoisotopic (exact) mass is 342 g/mol. The molecule has 0 saturated carbocycles. The minimum atomic E-state index is -1.41. The highest BCUT2D eigenvalue weighted by atomic mass is 35.5. The number of halogens is 1. The maximum atomic E-state index is 12.3. The van der Waals surface area contributed by atoms with E-state index in [1.54, 1.807) is 0 Å². The normalized spacial score (nSPS) is 20.5. The molecule has 1 aromatic rings. The molecule has 1 unspecified atom stereocenters. The van der Waals surface area contributed by atoms with Crippen molar-refractivity contribution >= 4 is 23.5 Å². The van der Waals surface area contributed by atoms with Gasteiger partial charge in [-0.15, -0.1) is 0 Å². The van der Waals surface area contributed by atoms with Gasteiger partial charge in [-0.1, -0.05) is 25.4 Å². The van der Waals surface area contributed by atoms with Crippen molar-refractivity contribution in [1.29, 1.82) is 0 Å². The van der Waals surface area contributed by atoms with Gasteiger partial charge < -0.3 is 19.9 Å². The number of carboxylic acids is 1. The molecular weight excluding hydrogens is 324 g/mol. The van der Waals surface area contributed by atoms with Gasteiger partial charge in [-0.05, 0) is 12.0 Å². The summed E-state index contributed by atoms with van der Waals surface area (Å²) in [6, 6.07) is 1.41. The molecule has 1 aliphatic rings. The third-order valence-corrected chi connectivity index (χ3v) is 3.68. The number of hydrogen-bond acceptors (Lipinski definition) is 5. The van der Waals surface area contributed by atoms with Gasteiger partial charge in [0.2, 0.25) is 5.88 Å². The first-order chi connectivity index (χ1) is 10.8. The zero-order chi connectivity index (χ0) is 17.0. The quantitative estimate of drug-likeness (QED) is 0.817. The van der Waals surface area contributed by atoms with Crippen molar-refractivity contribution in [1.82, 2.24) is 10.3 Å². The molecule has 1 fully saturated rings. The van der Waals surface area contributed by atoms with Crippen molar-refractivity contribution in [3.8, 4) is 5.88 Å². The molecule has 8 heteroatoms. The van der Waals surface area contributed by atoms with Gasteiger partial charge in [0.25, 0.3) is 5.91 Å². The van der Waals surface area contributed by atoms with Gasteiger partial charge in [0.05, 0.1) is 18.8 Å². The molecule has 2 N–H and O–H groups in total. The van der Waals surface area contributed by atoms with E-state index in [4.69, 9.17) is 21.1 Å². The fourth-order valence-corrected chi connectivity index (χ4v) is 2.30. The van der Waals surface area contributed by atoms with E-state index in [2.05, 4.69) is 10.3 Å². The molecule has 0 aliphatic carbocycles. The molecule has 0 aromatic carbocycles. The number of carboxylic acid groups (broad SMARTS) is 1. The summed E-state index contributed by atoms with van der Waals surface area (Å²) in [6.45, 7) is 4.66. The van der Waals surface area contributed by atoms with E-state index >= 15 is 0 Å². The molecule has 1 saturated heterocycles. The van der Waals surface area contributed by atoms with Crippen LogP contribution in [0.4, 0.5) is 0 Å². The average molecular weight is 343 g/mol. The Morgan fingerprint density at radius 3 is 2.83 bits per heavy atom. The summed E-state index contributed by atoms with van der Waals surface area (Å²) in [5.74, 6) is -1.13. The first-order valence-corrected chi connectivity index (χ1v) is 7.64. The van der Waals surface area contributed by atoms with Gasteiger partial charge in [-0.25, -0.2) is 9.78 Å². The summed E-state index contributed by atoms with van der Waals surface area (Å²) in [7, 11) is 0. The van der Waals surface area contributed by atoms with Gasteiger partial charge in [0.15, 0.2) is 5.54 Å². The second kappa shape index (κ2) is 7.14. The van der Waals surface area contributed by atoms with Gasteiger partial charge in [0, 0.05) is 19.2 Å². The lowest BCUT2D eigenvalue weighted by Gasteiger charge is -2.23. The lowest BCUT2D eigenvalue weighted by atomic mass is 9.98. The molecule has 0 bridgehead atoms. The van der Waals surface area contributed by atoms with Crippen LogP contribution in [0.25, 0.3) is 0 Å². The third kappa shape index (κ3) is 4.11. The van der Waals surface area contributed by atoms with Crippen LogP contribution in [0.3, 0.4) is 0 Å². The molecular formula is C15H19ClN2O5. The maximum absolute atomic E-state index is 12.3. The van der Waals surface area contributed by atoms with Crippen LogP contribution in [-0.2, 0) is 9.53 Å². The summed E-state index contributed by atoms with van der Waals surface area (Å²) in [5, 5.41) is 12.0. The van der Waals surface area contributed by atoms with Crippen LogP contribution < -0.4 is 10.1 Å². The zero-order valence-corrected chi connectivity index (χ0v) is 13.7. The fourth-order valence-electron chi connectivity index (χ4n) is 2.08. The Bertz CT molecular complexity index is 600. The van der Waals surface area contributed by atoms with Crippen LogP contribution in [0, 0.1) is 5.92 Å². The Kier molecular flexibility index (Phi) is 5.43. The molecule has 23 heavy (non-hydrogen) atoms. The molecule has 1 aliphatic heterocycles.